The number of carbonyl (C=O) groups is 1. The number of likely N-dealkylation sites (tertiary alicyclic amines) is 2. The fourth-order valence-electron chi connectivity index (χ4n) is 4.09. The van der Waals surface area contributed by atoms with E-state index in [1.807, 2.05) is 7.05 Å². The molecule has 2 rings (SSSR count). The summed E-state index contributed by atoms with van der Waals surface area (Å²) in [5, 5.41) is 3.25. The van der Waals surface area contributed by atoms with Gasteiger partial charge in [-0.1, -0.05) is 0 Å². The van der Waals surface area contributed by atoms with Gasteiger partial charge in [0.25, 0.3) is 0 Å². The summed E-state index contributed by atoms with van der Waals surface area (Å²) >= 11 is 0. The Bertz CT molecular complexity index is 322. The van der Waals surface area contributed by atoms with Gasteiger partial charge in [-0.25, -0.2) is 0 Å². The van der Waals surface area contributed by atoms with Gasteiger partial charge >= 0.3 is 0 Å². The maximum atomic E-state index is 12.8. The highest BCUT2D eigenvalue weighted by atomic mass is 16.2. The lowest BCUT2D eigenvalue weighted by Crippen LogP contribution is -2.53. The zero-order valence-corrected chi connectivity index (χ0v) is 13.6. The predicted molar refractivity (Wildman–Crippen MR) is 82.7 cm³/mol. The highest BCUT2D eigenvalue weighted by molar-refractivity contribution is 5.81. The van der Waals surface area contributed by atoms with Crippen LogP contribution in [0.15, 0.2) is 0 Å². The molecule has 0 aliphatic carbocycles. The molecule has 2 aliphatic rings. The van der Waals surface area contributed by atoms with E-state index < -0.39 is 0 Å². The minimum absolute atomic E-state index is 0.0378. The summed E-state index contributed by atoms with van der Waals surface area (Å²) in [6.45, 7) is 9.51. The van der Waals surface area contributed by atoms with Crippen molar-refractivity contribution in [3.63, 3.8) is 0 Å². The Morgan fingerprint density at radius 1 is 1.25 bits per heavy atom. The number of piperidine rings is 1. The number of nitrogens with one attached hydrogen (secondary N) is 1. The molecule has 20 heavy (non-hydrogen) atoms. The Labute approximate surface area is 123 Å². The molecule has 4 nitrogen and oxygen atoms in total. The second-order valence-corrected chi connectivity index (χ2v) is 6.75. The summed E-state index contributed by atoms with van der Waals surface area (Å²) in [4.78, 5) is 17.3. The lowest BCUT2D eigenvalue weighted by Gasteiger charge is -2.38. The number of hydrogen-bond acceptors (Lipinski definition) is 3. The van der Waals surface area contributed by atoms with Crippen LogP contribution in [-0.4, -0.2) is 60.5 Å². The highest BCUT2D eigenvalue weighted by Gasteiger charge is 2.36. The van der Waals surface area contributed by atoms with Crippen molar-refractivity contribution in [3.05, 3.63) is 0 Å². The van der Waals surface area contributed by atoms with E-state index in [2.05, 4.69) is 35.9 Å². The molecule has 0 aromatic rings. The van der Waals surface area contributed by atoms with Gasteiger partial charge in [0, 0.05) is 25.2 Å². The minimum atomic E-state index is 0.0378. The third-order valence-electron chi connectivity index (χ3n) is 5.15. The van der Waals surface area contributed by atoms with Crippen LogP contribution in [0, 0.1) is 5.92 Å². The Morgan fingerprint density at radius 2 is 1.90 bits per heavy atom. The van der Waals surface area contributed by atoms with Gasteiger partial charge in [-0.3, -0.25) is 9.69 Å². The van der Waals surface area contributed by atoms with Gasteiger partial charge < -0.3 is 10.2 Å². The molecule has 2 saturated heterocycles. The van der Waals surface area contributed by atoms with Gasteiger partial charge in [-0.2, -0.15) is 0 Å². The lowest BCUT2D eigenvalue weighted by molar-refractivity contribution is -0.139. The van der Waals surface area contributed by atoms with Crippen molar-refractivity contribution in [2.45, 2.75) is 64.6 Å². The van der Waals surface area contributed by atoms with Crippen LogP contribution in [0.4, 0.5) is 0 Å². The quantitative estimate of drug-likeness (QED) is 0.852. The van der Waals surface area contributed by atoms with Crippen molar-refractivity contribution in [2.24, 2.45) is 5.92 Å². The van der Waals surface area contributed by atoms with Crippen molar-refractivity contribution in [2.75, 3.05) is 26.7 Å². The number of hydrogen-bond donors (Lipinski definition) is 1. The first-order chi connectivity index (χ1) is 9.54. The third-order valence-corrected chi connectivity index (χ3v) is 5.15. The number of nitrogens with zero attached hydrogens (tertiary/aromatic N) is 2. The maximum absolute atomic E-state index is 12.8. The molecule has 2 fully saturated rings. The summed E-state index contributed by atoms with van der Waals surface area (Å²) in [5.41, 5.74) is 0. The molecule has 4 heteroatoms. The summed E-state index contributed by atoms with van der Waals surface area (Å²) in [6.07, 6.45) is 4.84. The molecule has 4 unspecified atom stereocenters. The highest BCUT2D eigenvalue weighted by Crippen LogP contribution is 2.27. The van der Waals surface area contributed by atoms with Crippen LogP contribution >= 0.6 is 0 Å². The second kappa shape index (κ2) is 6.90. The summed E-state index contributed by atoms with van der Waals surface area (Å²) in [5.74, 6) is 0.963. The maximum Gasteiger partial charge on any atom is 0.239 e. The standard InChI is InChI=1S/C16H31N3O/c1-12-7-8-13(2)19(12)14(3)16(20)18-9-5-6-15(11-18)10-17-4/h12-15,17H,5-11H2,1-4H3. The largest absolute Gasteiger partial charge is 0.341 e. The molecule has 0 spiro atoms. The van der Waals surface area contributed by atoms with E-state index in [4.69, 9.17) is 0 Å². The smallest absolute Gasteiger partial charge is 0.239 e. The Kier molecular flexibility index (Phi) is 5.44. The molecule has 1 amide bonds. The van der Waals surface area contributed by atoms with Gasteiger partial charge in [-0.05, 0) is 66.0 Å². The molecule has 1 N–H and O–H groups in total. The van der Waals surface area contributed by atoms with Crippen molar-refractivity contribution in [3.8, 4) is 0 Å². The van der Waals surface area contributed by atoms with Crippen molar-refractivity contribution < 1.29 is 4.79 Å². The van der Waals surface area contributed by atoms with Crippen molar-refractivity contribution in [1.82, 2.24) is 15.1 Å². The second-order valence-electron chi connectivity index (χ2n) is 6.75. The molecule has 0 aromatic carbocycles. The van der Waals surface area contributed by atoms with Gasteiger partial charge in [0.1, 0.15) is 0 Å². The van der Waals surface area contributed by atoms with Gasteiger partial charge in [0.05, 0.1) is 6.04 Å². The lowest BCUT2D eigenvalue weighted by atomic mass is 9.97. The summed E-state index contributed by atoms with van der Waals surface area (Å²) in [7, 11) is 2.00. The van der Waals surface area contributed by atoms with Crippen LogP contribution in [-0.2, 0) is 4.79 Å². The van der Waals surface area contributed by atoms with E-state index in [1.54, 1.807) is 0 Å². The SMILES string of the molecule is CNCC1CCCN(C(=O)C(C)N2C(C)CCC2C)C1. The average Bonchev–Trinajstić information content (AvgIpc) is 2.77. The van der Waals surface area contributed by atoms with E-state index in [1.165, 1.54) is 19.3 Å². The molecule has 116 valence electrons. The molecule has 0 bridgehead atoms. The van der Waals surface area contributed by atoms with E-state index in [-0.39, 0.29) is 6.04 Å². The third kappa shape index (κ3) is 3.34. The van der Waals surface area contributed by atoms with E-state index in [0.717, 1.165) is 26.1 Å². The fourth-order valence-corrected chi connectivity index (χ4v) is 4.09. The van der Waals surface area contributed by atoms with Crippen LogP contribution in [0.5, 0.6) is 0 Å². The van der Waals surface area contributed by atoms with Crippen LogP contribution in [0.3, 0.4) is 0 Å². The molecular formula is C16H31N3O. The van der Waals surface area contributed by atoms with Crippen molar-refractivity contribution >= 4 is 5.91 Å². The Balaban J connectivity index is 1.95. The van der Waals surface area contributed by atoms with E-state index in [0.29, 0.717) is 23.9 Å². The molecule has 2 aliphatic heterocycles. The monoisotopic (exact) mass is 281 g/mol. The van der Waals surface area contributed by atoms with E-state index >= 15 is 0 Å². The first kappa shape index (κ1) is 15.8. The molecule has 2 heterocycles. The molecule has 0 aromatic heterocycles. The summed E-state index contributed by atoms with van der Waals surface area (Å²) in [6, 6.07) is 1.12. The number of rotatable bonds is 4. The first-order valence-electron chi connectivity index (χ1n) is 8.25. The van der Waals surface area contributed by atoms with Crippen LogP contribution in [0.2, 0.25) is 0 Å². The van der Waals surface area contributed by atoms with Gasteiger partial charge in [-0.15, -0.1) is 0 Å². The summed E-state index contributed by atoms with van der Waals surface area (Å²) < 4.78 is 0. The number of carbonyl (C=O) groups excluding carboxylic acids is 1. The molecule has 4 atom stereocenters. The van der Waals surface area contributed by atoms with Crippen LogP contribution in [0.25, 0.3) is 0 Å². The Morgan fingerprint density at radius 3 is 2.50 bits per heavy atom. The average molecular weight is 281 g/mol. The number of amides is 1. The normalized spacial score (nSPS) is 33.4. The Hall–Kier alpha value is -0.610. The van der Waals surface area contributed by atoms with E-state index in [9.17, 15) is 4.79 Å². The zero-order chi connectivity index (χ0) is 14.7. The van der Waals surface area contributed by atoms with Crippen LogP contribution in [0.1, 0.15) is 46.5 Å². The van der Waals surface area contributed by atoms with Gasteiger partial charge in [0.15, 0.2) is 0 Å². The molecule has 0 saturated carbocycles. The zero-order valence-electron chi connectivity index (χ0n) is 13.6. The fraction of sp³-hybridized carbons (Fsp3) is 0.938. The molecular weight excluding hydrogens is 250 g/mol. The predicted octanol–water partition coefficient (Wildman–Crippen LogP) is 1.71. The molecule has 0 radical (unpaired) electrons. The first-order valence-corrected chi connectivity index (χ1v) is 8.25. The topological polar surface area (TPSA) is 35.6 Å². The van der Waals surface area contributed by atoms with Crippen molar-refractivity contribution in [1.29, 1.82) is 0 Å². The van der Waals surface area contributed by atoms with Gasteiger partial charge in [0.2, 0.25) is 5.91 Å². The minimum Gasteiger partial charge on any atom is -0.341 e. The van der Waals surface area contributed by atoms with Crippen LogP contribution < -0.4 is 5.32 Å².